The van der Waals surface area contributed by atoms with Gasteiger partial charge < -0.3 is 9.64 Å². The second-order valence-corrected chi connectivity index (χ2v) is 4.17. The molecule has 0 aromatic heterocycles. The smallest absolute Gasteiger partial charge is 0.397 e. The Kier molecular flexibility index (Phi) is 5.97. The number of nitrogens with zero attached hydrogens (tertiary/aromatic N) is 1. The van der Waals surface area contributed by atoms with Gasteiger partial charge >= 0.3 is 11.9 Å². The molecule has 0 aromatic carbocycles. The summed E-state index contributed by atoms with van der Waals surface area (Å²) in [6, 6.07) is 0.0179. The third kappa shape index (κ3) is 4.81. The highest BCUT2D eigenvalue weighted by Gasteiger charge is 2.25. The molecular weight excluding hydrogens is 194 g/mol. The Morgan fingerprint density at radius 1 is 1.20 bits per heavy atom. The molecule has 0 atom stereocenters. The lowest BCUT2D eigenvalue weighted by Gasteiger charge is -2.27. The van der Waals surface area contributed by atoms with Crippen molar-refractivity contribution in [2.45, 2.75) is 40.7 Å². The number of esters is 1. The highest BCUT2D eigenvalue weighted by molar-refractivity contribution is 6.32. The molecule has 0 bridgehead atoms. The molecule has 15 heavy (non-hydrogen) atoms. The van der Waals surface area contributed by atoms with Crippen LogP contribution in [0.1, 0.15) is 34.6 Å². The number of amides is 1. The van der Waals surface area contributed by atoms with Crippen LogP contribution in [0.15, 0.2) is 0 Å². The predicted molar refractivity (Wildman–Crippen MR) is 58.3 cm³/mol. The Balaban J connectivity index is 4.48. The number of rotatable bonds is 4. The van der Waals surface area contributed by atoms with E-state index in [1.165, 1.54) is 0 Å². The van der Waals surface area contributed by atoms with Crippen molar-refractivity contribution in [3.63, 3.8) is 0 Å². The number of ether oxygens (including phenoxy) is 1. The van der Waals surface area contributed by atoms with Gasteiger partial charge in [0.05, 0.1) is 6.61 Å². The van der Waals surface area contributed by atoms with Crippen LogP contribution in [-0.2, 0) is 14.3 Å². The maximum absolute atomic E-state index is 11.7. The van der Waals surface area contributed by atoms with Crippen LogP contribution in [0.5, 0.6) is 0 Å². The fourth-order valence-electron chi connectivity index (χ4n) is 1.23. The second kappa shape index (κ2) is 6.43. The normalized spacial score (nSPS) is 10.6. The lowest BCUT2D eigenvalue weighted by Crippen LogP contribution is -2.44. The molecule has 0 unspecified atom stereocenters. The Morgan fingerprint density at radius 2 is 1.73 bits per heavy atom. The van der Waals surface area contributed by atoms with Crippen LogP contribution in [0.25, 0.3) is 0 Å². The predicted octanol–water partition coefficient (Wildman–Crippen LogP) is 1.44. The van der Waals surface area contributed by atoms with Gasteiger partial charge in [-0.05, 0) is 26.7 Å². The van der Waals surface area contributed by atoms with Gasteiger partial charge in [-0.3, -0.25) is 4.79 Å². The van der Waals surface area contributed by atoms with Crippen LogP contribution in [-0.4, -0.2) is 36.0 Å². The molecule has 0 fully saturated rings. The molecule has 0 saturated heterocycles. The Morgan fingerprint density at radius 3 is 2.07 bits per heavy atom. The van der Waals surface area contributed by atoms with E-state index in [2.05, 4.69) is 4.74 Å². The second-order valence-electron chi connectivity index (χ2n) is 4.17. The highest BCUT2D eigenvalue weighted by atomic mass is 16.5. The minimum atomic E-state index is -0.758. The highest BCUT2D eigenvalue weighted by Crippen LogP contribution is 2.05. The first-order valence-electron chi connectivity index (χ1n) is 5.37. The van der Waals surface area contributed by atoms with Gasteiger partial charge in [-0.15, -0.1) is 0 Å². The summed E-state index contributed by atoms with van der Waals surface area (Å²) < 4.78 is 4.69. The fraction of sp³-hybridized carbons (Fsp3) is 0.818. The topological polar surface area (TPSA) is 46.6 Å². The molecule has 0 aliphatic heterocycles. The molecule has 0 N–H and O–H groups in total. The lowest BCUT2D eigenvalue weighted by molar-refractivity contribution is -0.161. The van der Waals surface area contributed by atoms with E-state index in [1.54, 1.807) is 11.8 Å². The zero-order valence-electron chi connectivity index (χ0n) is 10.2. The zero-order valence-corrected chi connectivity index (χ0v) is 10.2. The average Bonchev–Trinajstić information content (AvgIpc) is 2.12. The molecule has 1 amide bonds. The molecular formula is C11H21NO3. The van der Waals surface area contributed by atoms with E-state index < -0.39 is 11.9 Å². The van der Waals surface area contributed by atoms with Crippen LogP contribution in [0, 0.1) is 5.92 Å². The van der Waals surface area contributed by atoms with E-state index in [4.69, 9.17) is 0 Å². The Labute approximate surface area is 91.6 Å². The molecule has 0 aliphatic rings. The molecule has 0 heterocycles. The first kappa shape index (κ1) is 13.9. The standard InChI is InChI=1S/C11H21NO3/c1-6-15-11(14)10(13)12(9(4)5)7-8(2)3/h8-9H,6-7H2,1-5H3. The Bertz CT molecular complexity index is 224. The summed E-state index contributed by atoms with van der Waals surface area (Å²) in [5.74, 6) is -0.960. The quantitative estimate of drug-likeness (QED) is 0.526. The van der Waals surface area contributed by atoms with Gasteiger partial charge in [-0.2, -0.15) is 0 Å². The molecule has 0 saturated carbocycles. The number of hydrogen-bond acceptors (Lipinski definition) is 3. The van der Waals surface area contributed by atoms with Crippen molar-refractivity contribution < 1.29 is 14.3 Å². The van der Waals surface area contributed by atoms with Crippen LogP contribution in [0.2, 0.25) is 0 Å². The van der Waals surface area contributed by atoms with Gasteiger partial charge in [0.25, 0.3) is 0 Å². The van der Waals surface area contributed by atoms with Crippen molar-refractivity contribution in [3.8, 4) is 0 Å². The van der Waals surface area contributed by atoms with Crippen LogP contribution >= 0.6 is 0 Å². The van der Waals surface area contributed by atoms with Gasteiger partial charge in [0, 0.05) is 12.6 Å². The number of hydrogen-bond donors (Lipinski definition) is 0. The van der Waals surface area contributed by atoms with Gasteiger partial charge in [0.2, 0.25) is 0 Å². The van der Waals surface area contributed by atoms with E-state index in [-0.39, 0.29) is 12.6 Å². The van der Waals surface area contributed by atoms with Crippen molar-refractivity contribution in [1.82, 2.24) is 4.90 Å². The maximum Gasteiger partial charge on any atom is 0.397 e. The third-order valence-electron chi connectivity index (χ3n) is 1.90. The zero-order chi connectivity index (χ0) is 12.0. The van der Waals surface area contributed by atoms with Crippen molar-refractivity contribution >= 4 is 11.9 Å². The van der Waals surface area contributed by atoms with Crippen molar-refractivity contribution in [3.05, 3.63) is 0 Å². The third-order valence-corrected chi connectivity index (χ3v) is 1.90. The van der Waals surface area contributed by atoms with Crippen molar-refractivity contribution in [2.24, 2.45) is 5.92 Å². The summed E-state index contributed by atoms with van der Waals surface area (Å²) in [5, 5.41) is 0. The molecule has 0 rings (SSSR count). The summed E-state index contributed by atoms with van der Waals surface area (Å²) in [6.45, 7) is 10.3. The summed E-state index contributed by atoms with van der Waals surface area (Å²) in [7, 11) is 0. The Hall–Kier alpha value is -1.06. The van der Waals surface area contributed by atoms with Gasteiger partial charge in [0.1, 0.15) is 0 Å². The van der Waals surface area contributed by atoms with Crippen molar-refractivity contribution in [1.29, 1.82) is 0 Å². The van der Waals surface area contributed by atoms with E-state index >= 15 is 0 Å². The van der Waals surface area contributed by atoms with Gasteiger partial charge in [-0.1, -0.05) is 13.8 Å². The molecule has 4 nitrogen and oxygen atoms in total. The summed E-state index contributed by atoms with van der Waals surface area (Å²) >= 11 is 0. The SMILES string of the molecule is CCOC(=O)C(=O)N(CC(C)C)C(C)C. The number of carbonyl (C=O) groups excluding carboxylic acids is 2. The van der Waals surface area contributed by atoms with Gasteiger partial charge in [-0.25, -0.2) is 4.79 Å². The average molecular weight is 215 g/mol. The minimum Gasteiger partial charge on any atom is -0.459 e. The minimum absolute atomic E-state index is 0.0179. The van der Waals surface area contributed by atoms with E-state index in [0.29, 0.717) is 12.5 Å². The lowest BCUT2D eigenvalue weighted by atomic mass is 10.2. The summed E-state index contributed by atoms with van der Waals surface area (Å²) in [5.41, 5.74) is 0. The maximum atomic E-state index is 11.7. The van der Waals surface area contributed by atoms with E-state index in [1.807, 2.05) is 27.7 Å². The number of carbonyl (C=O) groups is 2. The van der Waals surface area contributed by atoms with Gasteiger partial charge in [0.15, 0.2) is 0 Å². The van der Waals surface area contributed by atoms with Crippen LogP contribution in [0.3, 0.4) is 0 Å². The van der Waals surface area contributed by atoms with Crippen molar-refractivity contribution in [2.75, 3.05) is 13.2 Å². The fourth-order valence-corrected chi connectivity index (χ4v) is 1.23. The molecule has 0 aliphatic carbocycles. The largest absolute Gasteiger partial charge is 0.459 e. The summed E-state index contributed by atoms with van der Waals surface area (Å²) in [4.78, 5) is 24.5. The molecule has 88 valence electrons. The first-order valence-corrected chi connectivity index (χ1v) is 5.37. The molecule has 4 heteroatoms. The summed E-state index contributed by atoms with van der Waals surface area (Å²) in [6.07, 6.45) is 0. The molecule has 0 spiro atoms. The molecule has 0 radical (unpaired) electrons. The first-order chi connectivity index (χ1) is 6.90. The monoisotopic (exact) mass is 215 g/mol. The van der Waals surface area contributed by atoms with Crippen LogP contribution < -0.4 is 0 Å². The van der Waals surface area contributed by atoms with Crippen LogP contribution in [0.4, 0.5) is 0 Å². The molecule has 0 aromatic rings. The van der Waals surface area contributed by atoms with E-state index in [9.17, 15) is 9.59 Å². The van der Waals surface area contributed by atoms with E-state index in [0.717, 1.165) is 0 Å².